The average molecular weight is 272 g/mol. The summed E-state index contributed by atoms with van der Waals surface area (Å²) in [7, 11) is 1.55. The highest BCUT2D eigenvalue weighted by molar-refractivity contribution is 6.18. The molecule has 0 bridgehead atoms. The molecule has 1 unspecified atom stereocenters. The van der Waals surface area contributed by atoms with Crippen molar-refractivity contribution in [1.29, 1.82) is 0 Å². The molecule has 18 heavy (non-hydrogen) atoms. The molecule has 1 aromatic carbocycles. The fourth-order valence-corrected chi connectivity index (χ4v) is 1.85. The predicted octanol–water partition coefficient (Wildman–Crippen LogP) is 2.29. The van der Waals surface area contributed by atoms with Crippen LogP contribution >= 0.6 is 11.6 Å². The van der Waals surface area contributed by atoms with E-state index in [0.29, 0.717) is 30.4 Å². The Kier molecular flexibility index (Phi) is 5.78. The second kappa shape index (κ2) is 7.11. The molecule has 0 aliphatic heterocycles. The van der Waals surface area contributed by atoms with Crippen molar-refractivity contribution in [3.63, 3.8) is 0 Å². The van der Waals surface area contributed by atoms with Gasteiger partial charge in [0.2, 0.25) is 5.91 Å². The Bertz CT molecular complexity index is 409. The Hall–Kier alpha value is -1.42. The quantitative estimate of drug-likeness (QED) is 0.774. The first-order valence-corrected chi connectivity index (χ1v) is 6.33. The van der Waals surface area contributed by atoms with Crippen molar-refractivity contribution < 1.29 is 14.3 Å². The van der Waals surface area contributed by atoms with Crippen molar-refractivity contribution >= 4 is 17.5 Å². The fraction of sp³-hybridized carbons (Fsp3) is 0.462. The zero-order chi connectivity index (χ0) is 13.5. The lowest BCUT2D eigenvalue weighted by atomic mass is 9.95. The molecule has 0 spiro atoms. The van der Waals surface area contributed by atoms with Crippen LogP contribution in [0.15, 0.2) is 18.2 Å². The van der Waals surface area contributed by atoms with Gasteiger partial charge in [0.15, 0.2) is 11.5 Å². The number of carbonyl (C=O) groups excluding carboxylic acids is 1. The molecule has 100 valence electrons. The molecule has 0 saturated carbocycles. The van der Waals surface area contributed by atoms with Crippen LogP contribution in [0.3, 0.4) is 0 Å². The van der Waals surface area contributed by atoms with Gasteiger partial charge in [0.25, 0.3) is 0 Å². The Labute approximate surface area is 112 Å². The van der Waals surface area contributed by atoms with Crippen molar-refractivity contribution in [3.8, 4) is 11.5 Å². The molecule has 0 heterocycles. The average Bonchev–Trinajstić information content (AvgIpc) is 2.37. The Morgan fingerprint density at radius 1 is 1.44 bits per heavy atom. The predicted molar refractivity (Wildman–Crippen MR) is 71.4 cm³/mol. The van der Waals surface area contributed by atoms with E-state index in [9.17, 15) is 4.79 Å². The maximum atomic E-state index is 11.3. The molecule has 2 N–H and O–H groups in total. The summed E-state index contributed by atoms with van der Waals surface area (Å²) in [5.41, 5.74) is 6.19. The minimum atomic E-state index is -0.339. The molecule has 0 aromatic heterocycles. The minimum absolute atomic E-state index is 0.305. The van der Waals surface area contributed by atoms with Crippen LogP contribution < -0.4 is 15.2 Å². The highest BCUT2D eigenvalue weighted by Gasteiger charge is 2.17. The number of nitrogens with two attached hydrogens (primary N) is 1. The van der Waals surface area contributed by atoms with Gasteiger partial charge in [-0.05, 0) is 24.1 Å². The van der Waals surface area contributed by atoms with Crippen LogP contribution in [0.25, 0.3) is 0 Å². The van der Waals surface area contributed by atoms with E-state index in [1.165, 1.54) is 0 Å². The first kappa shape index (κ1) is 14.6. The van der Waals surface area contributed by atoms with Gasteiger partial charge in [-0.15, -0.1) is 11.6 Å². The third kappa shape index (κ3) is 3.53. The van der Waals surface area contributed by atoms with Crippen molar-refractivity contribution in [2.45, 2.75) is 19.3 Å². The van der Waals surface area contributed by atoms with Gasteiger partial charge >= 0.3 is 0 Å². The van der Waals surface area contributed by atoms with E-state index >= 15 is 0 Å². The van der Waals surface area contributed by atoms with Crippen LogP contribution in [0.1, 0.15) is 24.8 Å². The lowest BCUT2D eigenvalue weighted by molar-refractivity contribution is -0.119. The van der Waals surface area contributed by atoms with E-state index in [1.807, 2.05) is 13.0 Å². The van der Waals surface area contributed by atoms with E-state index in [0.717, 1.165) is 5.56 Å². The van der Waals surface area contributed by atoms with E-state index in [-0.39, 0.29) is 11.8 Å². The van der Waals surface area contributed by atoms with Crippen molar-refractivity contribution in [1.82, 2.24) is 0 Å². The van der Waals surface area contributed by atoms with Crippen molar-refractivity contribution in [3.05, 3.63) is 23.8 Å². The first-order valence-electron chi connectivity index (χ1n) is 5.80. The molecule has 0 aliphatic rings. The number of hydrogen-bond donors (Lipinski definition) is 1. The van der Waals surface area contributed by atoms with E-state index in [4.69, 9.17) is 26.8 Å². The number of carbonyl (C=O) groups is 1. The molecule has 1 rings (SSSR count). The second-order valence-corrected chi connectivity index (χ2v) is 4.19. The zero-order valence-electron chi connectivity index (χ0n) is 10.6. The number of ether oxygens (including phenoxy) is 2. The van der Waals surface area contributed by atoms with Gasteiger partial charge in [-0.2, -0.15) is 0 Å². The number of halogens is 1. The molecular weight excluding hydrogens is 254 g/mol. The number of methoxy groups -OCH3 is 1. The topological polar surface area (TPSA) is 61.6 Å². The first-order chi connectivity index (χ1) is 8.63. The number of rotatable bonds is 7. The molecule has 5 heteroatoms. The zero-order valence-corrected chi connectivity index (χ0v) is 11.4. The molecule has 0 radical (unpaired) electrons. The molecule has 0 aliphatic carbocycles. The van der Waals surface area contributed by atoms with Crippen LogP contribution in [0.5, 0.6) is 11.5 Å². The lowest BCUT2D eigenvalue weighted by Gasteiger charge is -2.15. The maximum Gasteiger partial charge on any atom is 0.224 e. The van der Waals surface area contributed by atoms with Crippen LogP contribution in [0.4, 0.5) is 0 Å². The Morgan fingerprint density at radius 2 is 2.17 bits per heavy atom. The molecule has 4 nitrogen and oxygen atoms in total. The Balaban J connectivity index is 3.00. The molecule has 1 aromatic rings. The van der Waals surface area contributed by atoms with Crippen LogP contribution in [-0.4, -0.2) is 25.5 Å². The summed E-state index contributed by atoms with van der Waals surface area (Å²) in [5.74, 6) is 0.956. The van der Waals surface area contributed by atoms with Gasteiger partial charge in [-0.3, -0.25) is 4.79 Å². The number of amides is 1. The summed E-state index contributed by atoms with van der Waals surface area (Å²) >= 11 is 5.57. The minimum Gasteiger partial charge on any atom is -0.493 e. The molecule has 0 fully saturated rings. The highest BCUT2D eigenvalue weighted by atomic mass is 35.5. The van der Waals surface area contributed by atoms with Crippen molar-refractivity contribution in [2.75, 3.05) is 19.6 Å². The largest absolute Gasteiger partial charge is 0.493 e. The smallest absolute Gasteiger partial charge is 0.224 e. The highest BCUT2D eigenvalue weighted by Crippen LogP contribution is 2.31. The number of benzene rings is 1. The molecule has 1 amide bonds. The van der Waals surface area contributed by atoms with Crippen LogP contribution in [-0.2, 0) is 4.79 Å². The summed E-state index contributed by atoms with van der Waals surface area (Å²) in [6, 6.07) is 5.37. The standard InChI is InChI=1S/C13H18ClNO3/c1-3-10(13(15)16)9-4-5-11(18-7-6-14)12(8-9)17-2/h4-5,8,10H,3,6-7H2,1-2H3,(H2,15,16). The van der Waals surface area contributed by atoms with Crippen LogP contribution in [0.2, 0.25) is 0 Å². The van der Waals surface area contributed by atoms with Gasteiger partial charge < -0.3 is 15.2 Å². The summed E-state index contributed by atoms with van der Waals surface area (Å²) < 4.78 is 10.7. The molecular formula is C13H18ClNO3. The van der Waals surface area contributed by atoms with Gasteiger partial charge in [0.05, 0.1) is 18.9 Å². The number of alkyl halides is 1. The monoisotopic (exact) mass is 271 g/mol. The summed E-state index contributed by atoms with van der Waals surface area (Å²) in [4.78, 5) is 11.3. The van der Waals surface area contributed by atoms with Gasteiger partial charge in [-0.1, -0.05) is 13.0 Å². The van der Waals surface area contributed by atoms with Crippen LogP contribution in [0, 0.1) is 0 Å². The number of primary amides is 1. The lowest BCUT2D eigenvalue weighted by Crippen LogP contribution is -2.20. The van der Waals surface area contributed by atoms with Gasteiger partial charge in [0, 0.05) is 0 Å². The normalized spacial score (nSPS) is 11.9. The van der Waals surface area contributed by atoms with E-state index < -0.39 is 0 Å². The third-order valence-electron chi connectivity index (χ3n) is 2.68. The van der Waals surface area contributed by atoms with Crippen molar-refractivity contribution in [2.24, 2.45) is 5.73 Å². The second-order valence-electron chi connectivity index (χ2n) is 3.81. The Morgan fingerprint density at radius 3 is 2.67 bits per heavy atom. The van der Waals surface area contributed by atoms with Gasteiger partial charge in [0.1, 0.15) is 6.61 Å². The summed E-state index contributed by atoms with van der Waals surface area (Å²) in [6.45, 7) is 2.32. The van der Waals surface area contributed by atoms with E-state index in [1.54, 1.807) is 19.2 Å². The summed E-state index contributed by atoms with van der Waals surface area (Å²) in [5, 5.41) is 0. The maximum absolute atomic E-state index is 11.3. The fourth-order valence-electron chi connectivity index (χ4n) is 1.77. The molecule has 0 saturated heterocycles. The van der Waals surface area contributed by atoms with Gasteiger partial charge in [-0.25, -0.2) is 0 Å². The van der Waals surface area contributed by atoms with E-state index in [2.05, 4.69) is 0 Å². The molecule has 1 atom stereocenters. The number of hydrogen-bond acceptors (Lipinski definition) is 3. The SMILES string of the molecule is CCC(C(N)=O)c1ccc(OCCCl)c(OC)c1. The summed E-state index contributed by atoms with van der Waals surface area (Å²) in [6.07, 6.45) is 0.653. The third-order valence-corrected chi connectivity index (χ3v) is 2.83.